The quantitative estimate of drug-likeness (QED) is 0.881. The second-order valence-electron chi connectivity index (χ2n) is 6.88. The van der Waals surface area contributed by atoms with Gasteiger partial charge in [-0.05, 0) is 50.8 Å². The number of ether oxygens (including phenoxy) is 2. The number of carbonyl (C=O) groups is 1. The maximum Gasteiger partial charge on any atom is 0.272 e. The van der Waals surface area contributed by atoms with E-state index in [-0.39, 0.29) is 17.6 Å². The van der Waals surface area contributed by atoms with Crippen molar-refractivity contribution in [1.29, 1.82) is 0 Å². The number of hydrogen-bond acceptors (Lipinski definition) is 5. The summed E-state index contributed by atoms with van der Waals surface area (Å²) < 4.78 is 11.5. The summed E-state index contributed by atoms with van der Waals surface area (Å²) in [4.78, 5) is 14.9. The van der Waals surface area contributed by atoms with Crippen LogP contribution in [0.15, 0.2) is 18.2 Å². The summed E-state index contributed by atoms with van der Waals surface area (Å²) >= 11 is 1.68. The van der Waals surface area contributed by atoms with Gasteiger partial charge < -0.3 is 14.8 Å². The third-order valence-electron chi connectivity index (χ3n) is 5.05. The Hall–Kier alpha value is -1.70. The summed E-state index contributed by atoms with van der Waals surface area (Å²) in [5.74, 6) is -0.120. The van der Waals surface area contributed by atoms with E-state index < -0.39 is 0 Å². The van der Waals surface area contributed by atoms with E-state index in [0.29, 0.717) is 12.3 Å². The molecule has 4 rings (SSSR count). The Morgan fingerprint density at radius 3 is 2.96 bits per heavy atom. The van der Waals surface area contributed by atoms with E-state index in [4.69, 9.17) is 9.47 Å². The predicted octanol–water partition coefficient (Wildman–Crippen LogP) is 2.90. The highest BCUT2D eigenvalue weighted by atomic mass is 32.1. The van der Waals surface area contributed by atoms with Crippen LogP contribution in [-0.4, -0.2) is 47.6 Å². The van der Waals surface area contributed by atoms with Crippen molar-refractivity contribution in [3.63, 3.8) is 0 Å². The van der Waals surface area contributed by atoms with Crippen LogP contribution in [-0.2, 0) is 9.47 Å². The van der Waals surface area contributed by atoms with Crippen molar-refractivity contribution in [1.82, 2.24) is 15.5 Å². The van der Waals surface area contributed by atoms with Gasteiger partial charge in [-0.3, -0.25) is 9.89 Å². The third kappa shape index (κ3) is 3.63. The summed E-state index contributed by atoms with van der Waals surface area (Å²) in [5.41, 5.74) is 1.20. The first-order chi connectivity index (χ1) is 12.1. The molecule has 25 heavy (non-hydrogen) atoms. The molecule has 0 aliphatic carbocycles. The van der Waals surface area contributed by atoms with Gasteiger partial charge in [0, 0.05) is 30.7 Å². The molecule has 2 fully saturated rings. The van der Waals surface area contributed by atoms with Crippen LogP contribution in [0.3, 0.4) is 0 Å². The summed E-state index contributed by atoms with van der Waals surface area (Å²) in [6.45, 7) is 4.23. The summed E-state index contributed by atoms with van der Waals surface area (Å²) in [6.07, 6.45) is 3.51. The van der Waals surface area contributed by atoms with Gasteiger partial charge in [-0.25, -0.2) is 0 Å². The Bertz CT molecular complexity index is 743. The minimum Gasteiger partial charge on any atom is -0.381 e. The molecule has 0 radical (unpaired) electrons. The fraction of sp³-hybridized carbons (Fsp3) is 0.556. The molecule has 1 amide bonds. The van der Waals surface area contributed by atoms with Crippen LogP contribution >= 0.6 is 11.3 Å². The number of carbonyl (C=O) groups excluding carboxylic acids is 1. The van der Waals surface area contributed by atoms with Crippen molar-refractivity contribution < 1.29 is 14.3 Å². The van der Waals surface area contributed by atoms with Gasteiger partial charge in [0.05, 0.1) is 16.2 Å². The van der Waals surface area contributed by atoms with Gasteiger partial charge in [-0.1, -0.05) is 0 Å². The van der Waals surface area contributed by atoms with E-state index in [1.165, 1.54) is 4.88 Å². The first kappa shape index (κ1) is 16.8. The number of amides is 1. The molecule has 6 nitrogen and oxygen atoms in total. The van der Waals surface area contributed by atoms with Crippen molar-refractivity contribution in [2.24, 2.45) is 0 Å². The van der Waals surface area contributed by atoms with Crippen LogP contribution in [0, 0.1) is 6.92 Å². The number of aromatic nitrogens is 2. The Morgan fingerprint density at radius 1 is 1.36 bits per heavy atom. The standard InChI is InChI=1S/C18H23N3O3S/c1-12-2-3-16(25-12)14-10-15(21-20-14)17(22)19-13-4-7-24-18(11-13)5-8-23-9-6-18/h2-3,10,13H,4-9,11H2,1H3,(H,19,22)(H,20,21)/t13-/m1/s1. The van der Waals surface area contributed by atoms with Crippen LogP contribution in [0.1, 0.15) is 41.0 Å². The smallest absolute Gasteiger partial charge is 0.272 e. The van der Waals surface area contributed by atoms with E-state index in [2.05, 4.69) is 28.5 Å². The van der Waals surface area contributed by atoms with Crippen molar-refractivity contribution >= 4 is 17.2 Å². The summed E-state index contributed by atoms with van der Waals surface area (Å²) in [5, 5.41) is 10.3. The normalized spacial score (nSPS) is 22.8. The number of thiophene rings is 1. The van der Waals surface area contributed by atoms with Gasteiger partial charge in [0.25, 0.3) is 5.91 Å². The SMILES string of the molecule is Cc1ccc(-c2cc(C(=O)N[C@@H]3CCOC4(CCOCC4)C3)n[nH]2)s1. The molecule has 134 valence electrons. The molecule has 2 N–H and O–H groups in total. The van der Waals surface area contributed by atoms with Gasteiger partial charge in [-0.2, -0.15) is 5.10 Å². The van der Waals surface area contributed by atoms with E-state index in [1.54, 1.807) is 11.3 Å². The van der Waals surface area contributed by atoms with Gasteiger partial charge >= 0.3 is 0 Å². The lowest BCUT2D eigenvalue weighted by Crippen LogP contribution is -2.51. The molecule has 2 aliphatic rings. The van der Waals surface area contributed by atoms with Crippen molar-refractivity contribution in [2.45, 2.75) is 44.2 Å². The molecule has 1 spiro atoms. The number of nitrogens with one attached hydrogen (secondary N) is 2. The molecule has 4 heterocycles. The molecule has 1 atom stereocenters. The predicted molar refractivity (Wildman–Crippen MR) is 95.9 cm³/mol. The van der Waals surface area contributed by atoms with Crippen molar-refractivity contribution in [3.05, 3.63) is 28.8 Å². The number of aromatic amines is 1. The molecule has 2 aromatic rings. The maximum atomic E-state index is 12.6. The Kier molecular flexibility index (Phi) is 4.62. The summed E-state index contributed by atoms with van der Waals surface area (Å²) in [6, 6.07) is 6.06. The molecule has 0 saturated carbocycles. The second-order valence-corrected chi connectivity index (χ2v) is 8.17. The Morgan fingerprint density at radius 2 is 2.20 bits per heavy atom. The lowest BCUT2D eigenvalue weighted by molar-refractivity contribution is -0.139. The van der Waals surface area contributed by atoms with Crippen LogP contribution < -0.4 is 5.32 Å². The van der Waals surface area contributed by atoms with Crippen LogP contribution in [0.5, 0.6) is 0 Å². The first-order valence-electron chi connectivity index (χ1n) is 8.78. The van der Waals surface area contributed by atoms with E-state index in [1.807, 2.05) is 12.1 Å². The van der Waals surface area contributed by atoms with Crippen LogP contribution in [0.2, 0.25) is 0 Å². The van der Waals surface area contributed by atoms with Gasteiger partial charge in [0.1, 0.15) is 0 Å². The van der Waals surface area contributed by atoms with Gasteiger partial charge in [0.2, 0.25) is 0 Å². The first-order valence-corrected chi connectivity index (χ1v) is 9.60. The third-order valence-corrected chi connectivity index (χ3v) is 6.08. The van der Waals surface area contributed by atoms with Crippen LogP contribution in [0.4, 0.5) is 0 Å². The molecular weight excluding hydrogens is 338 g/mol. The number of H-pyrrole nitrogens is 1. The molecular formula is C18H23N3O3S. The number of hydrogen-bond donors (Lipinski definition) is 2. The fourth-order valence-electron chi connectivity index (χ4n) is 3.65. The van der Waals surface area contributed by atoms with Crippen LogP contribution in [0.25, 0.3) is 10.6 Å². The number of rotatable bonds is 3. The topological polar surface area (TPSA) is 76.2 Å². The van der Waals surface area contributed by atoms with Crippen molar-refractivity contribution in [3.8, 4) is 10.6 Å². The average molecular weight is 361 g/mol. The zero-order valence-corrected chi connectivity index (χ0v) is 15.2. The number of nitrogens with zero attached hydrogens (tertiary/aromatic N) is 1. The highest BCUT2D eigenvalue weighted by Gasteiger charge is 2.39. The second kappa shape index (κ2) is 6.90. The zero-order valence-electron chi connectivity index (χ0n) is 14.3. The molecule has 0 bridgehead atoms. The largest absolute Gasteiger partial charge is 0.381 e. The molecule has 7 heteroatoms. The highest BCUT2D eigenvalue weighted by Crippen LogP contribution is 2.34. The minimum atomic E-state index is -0.125. The molecule has 2 saturated heterocycles. The van der Waals surface area contributed by atoms with Crippen molar-refractivity contribution in [2.75, 3.05) is 19.8 Å². The lowest BCUT2D eigenvalue weighted by atomic mass is 9.84. The fourth-order valence-corrected chi connectivity index (χ4v) is 4.48. The molecule has 2 aliphatic heterocycles. The van der Waals surface area contributed by atoms with E-state index in [0.717, 1.165) is 49.5 Å². The Labute approximate surface area is 150 Å². The van der Waals surface area contributed by atoms with Gasteiger partial charge in [0.15, 0.2) is 5.69 Å². The summed E-state index contributed by atoms with van der Waals surface area (Å²) in [7, 11) is 0. The zero-order chi connectivity index (χ0) is 17.3. The monoisotopic (exact) mass is 361 g/mol. The number of aryl methyl sites for hydroxylation is 1. The molecule has 2 aromatic heterocycles. The van der Waals surface area contributed by atoms with E-state index >= 15 is 0 Å². The van der Waals surface area contributed by atoms with E-state index in [9.17, 15) is 4.79 Å². The molecule has 0 unspecified atom stereocenters. The molecule has 0 aromatic carbocycles. The van der Waals surface area contributed by atoms with Gasteiger partial charge in [-0.15, -0.1) is 11.3 Å². The maximum absolute atomic E-state index is 12.6. The Balaban J connectivity index is 1.41. The average Bonchev–Trinajstić information content (AvgIpc) is 3.24. The lowest BCUT2D eigenvalue weighted by Gasteiger charge is -2.43. The minimum absolute atomic E-state index is 0.120. The highest BCUT2D eigenvalue weighted by molar-refractivity contribution is 7.15.